The fraction of sp³-hybridized carbons (Fsp3) is 0.308. The van der Waals surface area contributed by atoms with Gasteiger partial charge >= 0.3 is 0 Å². The van der Waals surface area contributed by atoms with Crippen molar-refractivity contribution in [2.24, 2.45) is 0 Å². The number of halogens is 3. The van der Waals surface area contributed by atoms with E-state index >= 15 is 0 Å². The van der Waals surface area contributed by atoms with Gasteiger partial charge in [-0.1, -0.05) is 19.9 Å². The largest absolute Gasteiger partial charge is 0.329 e. The zero-order chi connectivity index (χ0) is 15.8. The second kappa shape index (κ2) is 5.73. The maximum Gasteiger partial charge on any atom is 0.280 e. The smallest absolute Gasteiger partial charge is 0.280 e. The molecule has 1 aromatic heterocycles. The van der Waals surface area contributed by atoms with E-state index in [1.54, 1.807) is 4.57 Å². The molecule has 114 valence electrons. The van der Waals surface area contributed by atoms with Crippen LogP contribution in [0.5, 0.6) is 0 Å². The van der Waals surface area contributed by atoms with Gasteiger partial charge in [0.05, 0.1) is 0 Å². The number of imidazole rings is 1. The maximum absolute atomic E-state index is 13.2. The molecule has 8 heteroatoms. The molecule has 2 rings (SSSR count). The van der Waals surface area contributed by atoms with E-state index in [0.717, 1.165) is 12.1 Å². The third-order valence-electron chi connectivity index (χ3n) is 2.89. The van der Waals surface area contributed by atoms with Crippen LogP contribution >= 0.6 is 10.7 Å². The van der Waals surface area contributed by atoms with Gasteiger partial charge in [0.2, 0.25) is 0 Å². The lowest BCUT2D eigenvalue weighted by Gasteiger charge is -2.10. The van der Waals surface area contributed by atoms with Gasteiger partial charge in [0.1, 0.15) is 5.82 Å². The Balaban J connectivity index is 2.43. The molecule has 0 saturated carbocycles. The van der Waals surface area contributed by atoms with E-state index in [1.807, 2.05) is 13.8 Å². The summed E-state index contributed by atoms with van der Waals surface area (Å²) in [6, 6.07) is 3.52. The van der Waals surface area contributed by atoms with E-state index in [1.165, 1.54) is 12.3 Å². The molecule has 0 aliphatic rings. The molecule has 0 N–H and O–H groups in total. The standard InChI is InChI=1S/C13H13ClF2N2O2S/c1-8(2)13-17-12(21(14,19)20)7-18(13)6-9-3-4-10(15)11(16)5-9/h3-5,7-8H,6H2,1-2H3. The highest BCUT2D eigenvalue weighted by Crippen LogP contribution is 2.21. The summed E-state index contributed by atoms with van der Waals surface area (Å²) >= 11 is 0. The second-order valence-corrected chi connectivity index (χ2v) is 7.42. The molecule has 4 nitrogen and oxygen atoms in total. The van der Waals surface area contributed by atoms with Crippen LogP contribution in [0.4, 0.5) is 8.78 Å². The van der Waals surface area contributed by atoms with Gasteiger partial charge in [0.15, 0.2) is 16.7 Å². The van der Waals surface area contributed by atoms with Crippen molar-refractivity contribution in [2.45, 2.75) is 31.3 Å². The third kappa shape index (κ3) is 3.59. The highest BCUT2D eigenvalue weighted by Gasteiger charge is 2.19. The number of hydrogen-bond acceptors (Lipinski definition) is 3. The van der Waals surface area contributed by atoms with Crippen molar-refractivity contribution in [1.82, 2.24) is 9.55 Å². The number of benzene rings is 1. The fourth-order valence-electron chi connectivity index (χ4n) is 1.94. The normalized spacial score (nSPS) is 12.1. The summed E-state index contributed by atoms with van der Waals surface area (Å²) in [7, 11) is 1.35. The minimum absolute atomic E-state index is 0.0533. The van der Waals surface area contributed by atoms with Crippen LogP contribution in [0, 0.1) is 11.6 Å². The molecule has 0 amide bonds. The predicted octanol–water partition coefficient (Wildman–Crippen LogP) is 3.26. The third-order valence-corrected chi connectivity index (χ3v) is 4.06. The molecule has 2 aromatic rings. The number of rotatable bonds is 4. The molecule has 0 unspecified atom stereocenters. The Labute approximate surface area is 125 Å². The Morgan fingerprint density at radius 2 is 1.95 bits per heavy atom. The first-order chi connectivity index (χ1) is 9.68. The van der Waals surface area contributed by atoms with E-state index in [4.69, 9.17) is 10.7 Å². The van der Waals surface area contributed by atoms with Gasteiger partial charge in [0, 0.05) is 29.3 Å². The second-order valence-electron chi connectivity index (χ2n) is 4.91. The molecule has 0 atom stereocenters. The van der Waals surface area contributed by atoms with Crippen molar-refractivity contribution in [3.8, 4) is 0 Å². The Morgan fingerprint density at radius 3 is 2.48 bits per heavy atom. The monoisotopic (exact) mass is 334 g/mol. The Hall–Kier alpha value is -1.47. The summed E-state index contributed by atoms with van der Waals surface area (Å²) < 4.78 is 50.4. The lowest BCUT2D eigenvalue weighted by atomic mass is 10.2. The molecule has 21 heavy (non-hydrogen) atoms. The summed E-state index contributed by atoms with van der Waals surface area (Å²) in [5.41, 5.74) is 0.492. The first-order valence-corrected chi connectivity index (χ1v) is 8.45. The molecule has 0 saturated heterocycles. The van der Waals surface area contributed by atoms with Crippen molar-refractivity contribution in [2.75, 3.05) is 0 Å². The number of hydrogen-bond donors (Lipinski definition) is 0. The summed E-state index contributed by atoms with van der Waals surface area (Å²) in [5, 5.41) is -0.254. The van der Waals surface area contributed by atoms with Gasteiger partial charge in [-0.25, -0.2) is 22.2 Å². The van der Waals surface area contributed by atoms with Crippen LogP contribution in [0.3, 0.4) is 0 Å². The van der Waals surface area contributed by atoms with Gasteiger partial charge in [0.25, 0.3) is 9.05 Å². The van der Waals surface area contributed by atoms with Crippen LogP contribution in [0.15, 0.2) is 29.4 Å². The van der Waals surface area contributed by atoms with Gasteiger partial charge in [-0.15, -0.1) is 0 Å². The first-order valence-electron chi connectivity index (χ1n) is 6.14. The van der Waals surface area contributed by atoms with Crippen LogP contribution in [-0.4, -0.2) is 18.0 Å². The van der Waals surface area contributed by atoms with Crippen LogP contribution in [0.25, 0.3) is 0 Å². The number of aromatic nitrogens is 2. The van der Waals surface area contributed by atoms with Crippen LogP contribution in [0.2, 0.25) is 0 Å². The highest BCUT2D eigenvalue weighted by atomic mass is 35.7. The Morgan fingerprint density at radius 1 is 1.29 bits per heavy atom. The van der Waals surface area contributed by atoms with Crippen LogP contribution < -0.4 is 0 Å². The zero-order valence-corrected chi connectivity index (χ0v) is 12.9. The average Bonchev–Trinajstić information content (AvgIpc) is 2.78. The number of nitrogens with zero attached hydrogens (tertiary/aromatic N) is 2. The summed E-state index contributed by atoms with van der Waals surface area (Å²) in [4.78, 5) is 3.99. The molecule has 0 fully saturated rings. The minimum Gasteiger partial charge on any atom is -0.329 e. The zero-order valence-electron chi connectivity index (χ0n) is 11.3. The van der Waals surface area contributed by atoms with Gasteiger partial charge in [-0.2, -0.15) is 0 Å². The van der Waals surface area contributed by atoms with Crippen LogP contribution in [0.1, 0.15) is 31.2 Å². The van der Waals surface area contributed by atoms with Gasteiger partial charge in [-0.05, 0) is 17.7 Å². The molecule has 0 aliphatic heterocycles. The minimum atomic E-state index is -3.94. The molecule has 0 bridgehead atoms. The maximum atomic E-state index is 13.2. The summed E-state index contributed by atoms with van der Waals surface area (Å²) in [6.07, 6.45) is 1.29. The summed E-state index contributed by atoms with van der Waals surface area (Å²) in [6.45, 7) is 3.85. The molecule has 0 spiro atoms. The van der Waals surface area contributed by atoms with E-state index in [2.05, 4.69) is 4.98 Å². The van der Waals surface area contributed by atoms with E-state index in [-0.39, 0.29) is 17.5 Å². The SMILES string of the molecule is CC(C)c1nc(S(=O)(=O)Cl)cn1Cc1ccc(F)c(F)c1. The van der Waals surface area contributed by atoms with Gasteiger partial charge in [-0.3, -0.25) is 0 Å². The van der Waals surface area contributed by atoms with E-state index in [0.29, 0.717) is 11.4 Å². The molecule has 1 aromatic carbocycles. The quantitative estimate of drug-likeness (QED) is 0.806. The van der Waals surface area contributed by atoms with Crippen molar-refractivity contribution in [3.05, 3.63) is 47.4 Å². The average molecular weight is 335 g/mol. The molecular formula is C13H13ClF2N2O2S. The van der Waals surface area contributed by atoms with E-state index in [9.17, 15) is 17.2 Å². The van der Waals surface area contributed by atoms with Gasteiger partial charge < -0.3 is 4.57 Å². The van der Waals surface area contributed by atoms with Crippen molar-refractivity contribution >= 4 is 19.7 Å². The van der Waals surface area contributed by atoms with Crippen LogP contribution in [-0.2, 0) is 15.6 Å². The Bertz CT molecular complexity index is 772. The lowest BCUT2D eigenvalue weighted by Crippen LogP contribution is -2.06. The Kier molecular flexibility index (Phi) is 4.34. The van der Waals surface area contributed by atoms with Crippen molar-refractivity contribution < 1.29 is 17.2 Å². The lowest BCUT2D eigenvalue weighted by molar-refractivity contribution is 0.506. The molecule has 0 radical (unpaired) electrons. The summed E-state index contributed by atoms with van der Waals surface area (Å²) in [5.74, 6) is -1.44. The highest BCUT2D eigenvalue weighted by molar-refractivity contribution is 8.13. The molecule has 1 heterocycles. The fourth-order valence-corrected chi connectivity index (χ4v) is 2.62. The first kappa shape index (κ1) is 15.9. The van der Waals surface area contributed by atoms with Crippen molar-refractivity contribution in [3.63, 3.8) is 0 Å². The van der Waals surface area contributed by atoms with E-state index < -0.39 is 20.7 Å². The molecular weight excluding hydrogens is 322 g/mol. The molecule has 0 aliphatic carbocycles. The topological polar surface area (TPSA) is 52.0 Å². The predicted molar refractivity (Wildman–Crippen MR) is 74.8 cm³/mol. The van der Waals surface area contributed by atoms with Crippen molar-refractivity contribution in [1.29, 1.82) is 0 Å².